The van der Waals surface area contributed by atoms with E-state index in [0.717, 1.165) is 17.0 Å². The van der Waals surface area contributed by atoms with Gasteiger partial charge in [0.25, 0.3) is 0 Å². The van der Waals surface area contributed by atoms with Crippen LogP contribution in [0.15, 0.2) is 73.0 Å². The van der Waals surface area contributed by atoms with Gasteiger partial charge in [0.1, 0.15) is 6.61 Å². The molecule has 0 saturated heterocycles. The second-order valence-electron chi connectivity index (χ2n) is 4.85. The van der Waals surface area contributed by atoms with Crippen LogP contribution in [0.1, 0.15) is 11.3 Å². The summed E-state index contributed by atoms with van der Waals surface area (Å²) < 4.78 is 5.40. The predicted molar refractivity (Wildman–Crippen MR) is 84.7 cm³/mol. The first-order chi connectivity index (χ1) is 10.8. The van der Waals surface area contributed by atoms with Gasteiger partial charge in [-0.15, -0.1) is 0 Å². The summed E-state index contributed by atoms with van der Waals surface area (Å²) in [5.74, 6) is 0. The van der Waals surface area contributed by atoms with Crippen molar-refractivity contribution in [2.45, 2.75) is 6.61 Å². The van der Waals surface area contributed by atoms with Crippen molar-refractivity contribution in [3.63, 3.8) is 0 Å². The Kier molecular flexibility index (Phi) is 4.30. The number of rotatable bonds is 3. The van der Waals surface area contributed by atoms with Gasteiger partial charge in [-0.1, -0.05) is 48.6 Å². The molecule has 1 aromatic heterocycles. The van der Waals surface area contributed by atoms with E-state index in [1.54, 1.807) is 11.1 Å². The maximum absolute atomic E-state index is 12.4. The molecule has 0 fully saturated rings. The van der Waals surface area contributed by atoms with Crippen molar-refractivity contribution in [2.24, 2.45) is 0 Å². The average molecular weight is 292 g/mol. The predicted octanol–water partition coefficient (Wildman–Crippen LogP) is 3.63. The molecule has 0 radical (unpaired) electrons. The van der Waals surface area contributed by atoms with Gasteiger partial charge in [0.15, 0.2) is 0 Å². The van der Waals surface area contributed by atoms with Crippen molar-refractivity contribution in [1.29, 1.82) is 0 Å². The van der Waals surface area contributed by atoms with E-state index in [0.29, 0.717) is 6.54 Å². The number of amides is 1. The molecule has 0 unspecified atom stereocenters. The van der Waals surface area contributed by atoms with E-state index in [1.807, 2.05) is 66.8 Å². The summed E-state index contributed by atoms with van der Waals surface area (Å²) in [7, 11) is 0. The lowest BCUT2D eigenvalue weighted by molar-refractivity contribution is 0.116. The Bertz CT molecular complexity index is 694. The van der Waals surface area contributed by atoms with E-state index in [2.05, 4.69) is 4.98 Å². The lowest BCUT2D eigenvalue weighted by Gasteiger charge is -2.25. The highest BCUT2D eigenvalue weighted by molar-refractivity contribution is 5.82. The molecular formula is C18H16N2O2. The van der Waals surface area contributed by atoms with Crippen LogP contribution < -0.4 is 0 Å². The summed E-state index contributed by atoms with van der Waals surface area (Å²) in [5, 5.41) is 0. The van der Waals surface area contributed by atoms with Crippen LogP contribution in [-0.2, 0) is 11.3 Å². The molecule has 0 aliphatic carbocycles. The van der Waals surface area contributed by atoms with E-state index in [4.69, 9.17) is 4.74 Å². The molecule has 1 amide bonds. The summed E-state index contributed by atoms with van der Waals surface area (Å²) in [6.07, 6.45) is 7.05. The van der Waals surface area contributed by atoms with Crippen LogP contribution in [0.3, 0.4) is 0 Å². The Balaban J connectivity index is 1.71. The van der Waals surface area contributed by atoms with Crippen LogP contribution in [0.25, 0.3) is 5.70 Å². The van der Waals surface area contributed by atoms with Crippen molar-refractivity contribution in [3.8, 4) is 0 Å². The van der Waals surface area contributed by atoms with Crippen LogP contribution in [0.5, 0.6) is 0 Å². The van der Waals surface area contributed by atoms with Crippen LogP contribution in [0.2, 0.25) is 0 Å². The van der Waals surface area contributed by atoms with Crippen molar-refractivity contribution >= 4 is 11.8 Å². The molecule has 1 aliphatic rings. The number of hydrogen-bond acceptors (Lipinski definition) is 3. The quantitative estimate of drug-likeness (QED) is 0.867. The molecule has 1 aromatic carbocycles. The molecule has 0 N–H and O–H groups in total. The highest BCUT2D eigenvalue weighted by Crippen LogP contribution is 2.21. The molecule has 4 heteroatoms. The standard InChI is InChI=1S/C18H16N2O2/c21-18(22-14-15-8-2-1-3-9-15)20-13-7-5-11-17(20)16-10-4-6-12-19-16/h1-12H,13-14H2. The van der Waals surface area contributed by atoms with Crippen LogP contribution >= 0.6 is 0 Å². The van der Waals surface area contributed by atoms with Gasteiger partial charge in [-0.05, 0) is 23.8 Å². The van der Waals surface area contributed by atoms with E-state index < -0.39 is 0 Å². The minimum Gasteiger partial charge on any atom is -0.444 e. The molecule has 0 atom stereocenters. The second-order valence-corrected chi connectivity index (χ2v) is 4.85. The fourth-order valence-electron chi connectivity index (χ4n) is 2.22. The largest absolute Gasteiger partial charge is 0.444 e. The zero-order valence-corrected chi connectivity index (χ0v) is 12.1. The molecule has 1 aliphatic heterocycles. The zero-order valence-electron chi connectivity index (χ0n) is 12.1. The van der Waals surface area contributed by atoms with Crippen molar-refractivity contribution in [3.05, 3.63) is 84.2 Å². The Labute approximate surface area is 129 Å². The average Bonchev–Trinajstić information content (AvgIpc) is 2.61. The summed E-state index contributed by atoms with van der Waals surface area (Å²) in [4.78, 5) is 18.2. The van der Waals surface area contributed by atoms with Crippen molar-refractivity contribution in [2.75, 3.05) is 6.54 Å². The fraction of sp³-hybridized carbons (Fsp3) is 0.111. The number of nitrogens with zero attached hydrogens (tertiary/aromatic N) is 2. The molecule has 22 heavy (non-hydrogen) atoms. The minimum atomic E-state index is -0.370. The van der Waals surface area contributed by atoms with Gasteiger partial charge in [0, 0.05) is 12.7 Å². The Morgan fingerprint density at radius 2 is 1.95 bits per heavy atom. The first-order valence-electron chi connectivity index (χ1n) is 7.11. The van der Waals surface area contributed by atoms with Crippen molar-refractivity contribution in [1.82, 2.24) is 9.88 Å². The van der Waals surface area contributed by atoms with Gasteiger partial charge in [-0.25, -0.2) is 4.79 Å². The normalized spacial score (nSPS) is 13.6. The lowest BCUT2D eigenvalue weighted by atomic mass is 10.2. The van der Waals surface area contributed by atoms with E-state index in [1.165, 1.54) is 0 Å². The number of aromatic nitrogens is 1. The van der Waals surface area contributed by atoms with Crippen LogP contribution in [-0.4, -0.2) is 22.5 Å². The van der Waals surface area contributed by atoms with Crippen molar-refractivity contribution < 1.29 is 9.53 Å². The maximum Gasteiger partial charge on any atom is 0.414 e. The monoisotopic (exact) mass is 292 g/mol. The molecule has 2 aromatic rings. The molecule has 2 heterocycles. The molecule has 4 nitrogen and oxygen atoms in total. The smallest absolute Gasteiger partial charge is 0.414 e. The molecule has 0 saturated carbocycles. The molecule has 0 spiro atoms. The third-order valence-electron chi connectivity index (χ3n) is 3.32. The lowest BCUT2D eigenvalue weighted by Crippen LogP contribution is -2.31. The van der Waals surface area contributed by atoms with Gasteiger partial charge in [0.2, 0.25) is 0 Å². The Morgan fingerprint density at radius 1 is 1.14 bits per heavy atom. The number of carbonyl (C=O) groups excluding carboxylic acids is 1. The van der Waals surface area contributed by atoms with E-state index >= 15 is 0 Å². The third kappa shape index (κ3) is 3.23. The summed E-state index contributed by atoms with van der Waals surface area (Å²) >= 11 is 0. The molecule has 0 bridgehead atoms. The maximum atomic E-state index is 12.4. The summed E-state index contributed by atoms with van der Waals surface area (Å²) in [6.45, 7) is 0.741. The first kappa shape index (κ1) is 14.1. The van der Waals surface area contributed by atoms with Gasteiger partial charge < -0.3 is 4.74 Å². The highest BCUT2D eigenvalue weighted by atomic mass is 16.6. The van der Waals surface area contributed by atoms with E-state index in [-0.39, 0.29) is 12.7 Å². The molecular weight excluding hydrogens is 276 g/mol. The number of ether oxygens (including phenoxy) is 1. The zero-order chi connectivity index (χ0) is 15.2. The number of carbonyl (C=O) groups is 1. The minimum absolute atomic E-state index is 0.259. The number of allylic oxidation sites excluding steroid dienone is 2. The van der Waals surface area contributed by atoms with Gasteiger partial charge in [-0.2, -0.15) is 0 Å². The number of pyridine rings is 1. The summed E-state index contributed by atoms with van der Waals surface area (Å²) in [5.41, 5.74) is 2.47. The fourth-order valence-corrected chi connectivity index (χ4v) is 2.22. The third-order valence-corrected chi connectivity index (χ3v) is 3.32. The first-order valence-corrected chi connectivity index (χ1v) is 7.11. The van der Waals surface area contributed by atoms with E-state index in [9.17, 15) is 4.79 Å². The number of benzene rings is 1. The van der Waals surface area contributed by atoms with Crippen LogP contribution in [0, 0.1) is 0 Å². The number of hydrogen-bond donors (Lipinski definition) is 0. The van der Waals surface area contributed by atoms with Gasteiger partial charge >= 0.3 is 6.09 Å². The SMILES string of the molecule is O=C(OCc1ccccc1)N1CC=CC=C1c1ccccn1. The topological polar surface area (TPSA) is 42.4 Å². The van der Waals surface area contributed by atoms with Gasteiger partial charge in [-0.3, -0.25) is 9.88 Å². The molecule has 3 rings (SSSR count). The van der Waals surface area contributed by atoms with Crippen LogP contribution in [0.4, 0.5) is 4.79 Å². The molecule has 110 valence electrons. The van der Waals surface area contributed by atoms with Gasteiger partial charge in [0.05, 0.1) is 11.4 Å². The Morgan fingerprint density at radius 3 is 2.73 bits per heavy atom. The Hall–Kier alpha value is -2.88. The highest BCUT2D eigenvalue weighted by Gasteiger charge is 2.22. The summed E-state index contributed by atoms with van der Waals surface area (Å²) in [6, 6.07) is 15.3. The second kappa shape index (κ2) is 6.72.